The summed E-state index contributed by atoms with van der Waals surface area (Å²) in [7, 11) is 0. The summed E-state index contributed by atoms with van der Waals surface area (Å²) in [5, 5.41) is 3.40. The first kappa shape index (κ1) is 13.9. The van der Waals surface area contributed by atoms with Gasteiger partial charge in [-0.2, -0.15) is 0 Å². The second-order valence-electron chi connectivity index (χ2n) is 3.99. The zero-order valence-electron chi connectivity index (χ0n) is 10.7. The molecule has 17 heavy (non-hydrogen) atoms. The Bertz CT molecular complexity index is 322. The predicted molar refractivity (Wildman–Crippen MR) is 73.2 cm³/mol. The SMILES string of the molecule is C=CCCOCCNCc1ccccc1CC. The van der Waals surface area contributed by atoms with E-state index in [1.54, 1.807) is 0 Å². The monoisotopic (exact) mass is 233 g/mol. The van der Waals surface area contributed by atoms with Crippen LogP contribution >= 0.6 is 0 Å². The van der Waals surface area contributed by atoms with Crippen molar-refractivity contribution < 1.29 is 4.74 Å². The molecule has 0 aromatic heterocycles. The molecule has 0 saturated carbocycles. The maximum absolute atomic E-state index is 5.43. The molecule has 0 aliphatic rings. The third kappa shape index (κ3) is 5.66. The summed E-state index contributed by atoms with van der Waals surface area (Å²) in [4.78, 5) is 0. The van der Waals surface area contributed by atoms with Crippen LogP contribution in [0, 0.1) is 0 Å². The van der Waals surface area contributed by atoms with Crippen LogP contribution in [0.4, 0.5) is 0 Å². The fraction of sp³-hybridized carbons (Fsp3) is 0.467. The van der Waals surface area contributed by atoms with Crippen molar-refractivity contribution in [3.63, 3.8) is 0 Å². The smallest absolute Gasteiger partial charge is 0.0591 e. The first-order valence-corrected chi connectivity index (χ1v) is 6.34. The van der Waals surface area contributed by atoms with Crippen molar-refractivity contribution in [2.75, 3.05) is 19.8 Å². The Kier molecular flexibility index (Phi) is 7.35. The molecule has 1 N–H and O–H groups in total. The van der Waals surface area contributed by atoms with E-state index in [9.17, 15) is 0 Å². The fourth-order valence-electron chi connectivity index (χ4n) is 1.71. The number of ether oxygens (including phenoxy) is 1. The minimum absolute atomic E-state index is 0.766. The number of hydrogen-bond donors (Lipinski definition) is 1. The largest absolute Gasteiger partial charge is 0.380 e. The van der Waals surface area contributed by atoms with Crippen molar-refractivity contribution in [1.29, 1.82) is 0 Å². The van der Waals surface area contributed by atoms with E-state index >= 15 is 0 Å². The fourth-order valence-corrected chi connectivity index (χ4v) is 1.71. The maximum Gasteiger partial charge on any atom is 0.0591 e. The summed E-state index contributed by atoms with van der Waals surface area (Å²) in [6, 6.07) is 8.57. The van der Waals surface area contributed by atoms with Gasteiger partial charge in [0.15, 0.2) is 0 Å². The topological polar surface area (TPSA) is 21.3 Å². The van der Waals surface area contributed by atoms with Crippen molar-refractivity contribution in [3.05, 3.63) is 48.0 Å². The van der Waals surface area contributed by atoms with Crippen molar-refractivity contribution in [3.8, 4) is 0 Å². The van der Waals surface area contributed by atoms with E-state index in [4.69, 9.17) is 4.74 Å². The van der Waals surface area contributed by atoms with E-state index in [0.29, 0.717) is 0 Å². The molecule has 0 amide bonds. The Balaban J connectivity index is 2.15. The van der Waals surface area contributed by atoms with Gasteiger partial charge in [0.05, 0.1) is 13.2 Å². The lowest BCUT2D eigenvalue weighted by Crippen LogP contribution is -2.20. The van der Waals surface area contributed by atoms with Crippen LogP contribution < -0.4 is 5.32 Å². The number of nitrogens with one attached hydrogen (secondary N) is 1. The molecule has 0 aliphatic heterocycles. The minimum Gasteiger partial charge on any atom is -0.380 e. The normalized spacial score (nSPS) is 10.4. The van der Waals surface area contributed by atoms with Crippen LogP contribution in [0.5, 0.6) is 0 Å². The molecule has 0 heterocycles. The van der Waals surface area contributed by atoms with Gasteiger partial charge < -0.3 is 10.1 Å². The summed E-state index contributed by atoms with van der Waals surface area (Å²) < 4.78 is 5.43. The zero-order valence-corrected chi connectivity index (χ0v) is 10.7. The standard InChI is InChI=1S/C15H23NO/c1-3-5-11-17-12-10-16-13-15-9-7-6-8-14(15)4-2/h3,6-9,16H,1,4-5,10-13H2,2H3. The van der Waals surface area contributed by atoms with Gasteiger partial charge in [-0.1, -0.05) is 37.3 Å². The van der Waals surface area contributed by atoms with Gasteiger partial charge in [-0.15, -0.1) is 6.58 Å². The number of hydrogen-bond acceptors (Lipinski definition) is 2. The van der Waals surface area contributed by atoms with Crippen LogP contribution in [0.3, 0.4) is 0 Å². The van der Waals surface area contributed by atoms with Crippen LogP contribution in [0.15, 0.2) is 36.9 Å². The van der Waals surface area contributed by atoms with Crippen LogP contribution in [-0.4, -0.2) is 19.8 Å². The van der Waals surface area contributed by atoms with Crippen LogP contribution in [0.1, 0.15) is 24.5 Å². The Morgan fingerprint density at radius 3 is 2.71 bits per heavy atom. The second kappa shape index (κ2) is 8.97. The van der Waals surface area contributed by atoms with Gasteiger partial charge in [0, 0.05) is 13.1 Å². The van der Waals surface area contributed by atoms with Gasteiger partial charge in [-0.25, -0.2) is 0 Å². The van der Waals surface area contributed by atoms with Crippen molar-refractivity contribution in [2.45, 2.75) is 26.3 Å². The predicted octanol–water partition coefficient (Wildman–Crippen LogP) is 2.93. The molecule has 2 heteroatoms. The van der Waals surface area contributed by atoms with E-state index in [2.05, 4.69) is 43.1 Å². The molecule has 0 saturated heterocycles. The highest BCUT2D eigenvalue weighted by Gasteiger charge is 1.98. The zero-order chi connectivity index (χ0) is 12.3. The van der Waals surface area contributed by atoms with E-state index in [-0.39, 0.29) is 0 Å². The van der Waals surface area contributed by atoms with Crippen molar-refractivity contribution >= 4 is 0 Å². The molecule has 0 radical (unpaired) electrons. The summed E-state index contributed by atoms with van der Waals surface area (Å²) in [6.45, 7) is 9.21. The molecular weight excluding hydrogens is 210 g/mol. The quantitative estimate of drug-likeness (QED) is 0.523. The van der Waals surface area contributed by atoms with E-state index < -0.39 is 0 Å². The summed E-state index contributed by atoms with van der Waals surface area (Å²) in [5.41, 5.74) is 2.81. The maximum atomic E-state index is 5.43. The molecule has 1 aromatic rings. The number of aryl methyl sites for hydroxylation is 1. The van der Waals surface area contributed by atoms with Gasteiger partial charge in [0.1, 0.15) is 0 Å². The summed E-state index contributed by atoms with van der Waals surface area (Å²) >= 11 is 0. The van der Waals surface area contributed by atoms with Gasteiger partial charge >= 0.3 is 0 Å². The van der Waals surface area contributed by atoms with Crippen molar-refractivity contribution in [2.24, 2.45) is 0 Å². The summed E-state index contributed by atoms with van der Waals surface area (Å²) in [5.74, 6) is 0. The molecule has 0 spiro atoms. The van der Waals surface area contributed by atoms with E-state index in [1.165, 1.54) is 11.1 Å². The lowest BCUT2D eigenvalue weighted by Gasteiger charge is -2.09. The molecule has 0 unspecified atom stereocenters. The third-order valence-electron chi connectivity index (χ3n) is 2.70. The third-order valence-corrected chi connectivity index (χ3v) is 2.70. The Labute approximate surface area is 105 Å². The Morgan fingerprint density at radius 1 is 1.24 bits per heavy atom. The number of rotatable bonds is 9. The first-order valence-electron chi connectivity index (χ1n) is 6.34. The van der Waals surface area contributed by atoms with Gasteiger partial charge in [-0.3, -0.25) is 0 Å². The lowest BCUT2D eigenvalue weighted by molar-refractivity contribution is 0.140. The number of benzene rings is 1. The summed E-state index contributed by atoms with van der Waals surface area (Å²) in [6.07, 6.45) is 3.90. The molecule has 94 valence electrons. The van der Waals surface area contributed by atoms with Crippen molar-refractivity contribution in [1.82, 2.24) is 5.32 Å². The molecule has 1 aromatic carbocycles. The minimum atomic E-state index is 0.766. The Hall–Kier alpha value is -1.12. The van der Waals surface area contributed by atoms with E-state index in [0.717, 1.165) is 39.1 Å². The Morgan fingerprint density at radius 2 is 2.00 bits per heavy atom. The van der Waals surface area contributed by atoms with Gasteiger partial charge in [-0.05, 0) is 24.0 Å². The lowest BCUT2D eigenvalue weighted by atomic mass is 10.1. The molecule has 0 aliphatic carbocycles. The highest BCUT2D eigenvalue weighted by Crippen LogP contribution is 2.08. The van der Waals surface area contributed by atoms with Crippen LogP contribution in [0.25, 0.3) is 0 Å². The average molecular weight is 233 g/mol. The van der Waals surface area contributed by atoms with Crippen LogP contribution in [0.2, 0.25) is 0 Å². The highest BCUT2D eigenvalue weighted by molar-refractivity contribution is 5.26. The first-order chi connectivity index (χ1) is 8.38. The molecule has 1 rings (SSSR count). The molecule has 0 fully saturated rings. The van der Waals surface area contributed by atoms with Gasteiger partial charge in [0.2, 0.25) is 0 Å². The molecule has 0 atom stereocenters. The average Bonchev–Trinajstić information content (AvgIpc) is 2.38. The second-order valence-corrected chi connectivity index (χ2v) is 3.99. The molecular formula is C15H23NO. The molecule has 0 bridgehead atoms. The molecule has 2 nitrogen and oxygen atoms in total. The van der Waals surface area contributed by atoms with E-state index in [1.807, 2.05) is 6.08 Å². The van der Waals surface area contributed by atoms with Gasteiger partial charge in [0.25, 0.3) is 0 Å². The highest BCUT2D eigenvalue weighted by atomic mass is 16.5. The van der Waals surface area contributed by atoms with Crippen LogP contribution in [-0.2, 0) is 17.7 Å².